The van der Waals surface area contributed by atoms with Crippen molar-refractivity contribution in [2.24, 2.45) is 5.92 Å². The van der Waals surface area contributed by atoms with Gasteiger partial charge in [-0.15, -0.1) is 0 Å². The minimum Gasteiger partial charge on any atom is -0.383 e. The van der Waals surface area contributed by atoms with Crippen molar-refractivity contribution in [2.45, 2.75) is 32.7 Å². The molecule has 1 atom stereocenters. The van der Waals surface area contributed by atoms with Crippen molar-refractivity contribution in [3.63, 3.8) is 0 Å². The molecule has 0 aliphatic heterocycles. The Labute approximate surface area is 129 Å². The van der Waals surface area contributed by atoms with Crippen molar-refractivity contribution in [1.82, 2.24) is 4.90 Å². The lowest BCUT2D eigenvalue weighted by molar-refractivity contribution is 0.0594. The van der Waals surface area contributed by atoms with Gasteiger partial charge in [0.15, 0.2) is 0 Å². The number of aryl methyl sites for hydroxylation is 1. The van der Waals surface area contributed by atoms with E-state index >= 15 is 0 Å². The number of methoxy groups -OCH3 is 1. The monoisotopic (exact) mass is 339 g/mol. The van der Waals surface area contributed by atoms with Crippen molar-refractivity contribution in [3.8, 4) is 0 Å². The van der Waals surface area contributed by atoms with E-state index in [0.29, 0.717) is 19.1 Å². The predicted octanol–water partition coefficient (Wildman–Crippen LogP) is 3.64. The molecule has 0 aromatic heterocycles. The van der Waals surface area contributed by atoms with Crippen LogP contribution >= 0.6 is 15.9 Å². The van der Waals surface area contributed by atoms with Gasteiger partial charge in [0.2, 0.25) is 0 Å². The van der Waals surface area contributed by atoms with Gasteiger partial charge in [0, 0.05) is 24.2 Å². The van der Waals surface area contributed by atoms with E-state index in [-0.39, 0.29) is 11.9 Å². The summed E-state index contributed by atoms with van der Waals surface area (Å²) in [5.74, 6) is 0.744. The summed E-state index contributed by atoms with van der Waals surface area (Å²) in [4.78, 5) is 14.8. The normalized spacial score (nSPS) is 16.0. The van der Waals surface area contributed by atoms with Crippen LogP contribution in [0.3, 0.4) is 0 Å². The molecular weight excluding hydrogens is 318 g/mol. The van der Waals surface area contributed by atoms with Crippen LogP contribution in [0, 0.1) is 12.8 Å². The molecule has 1 aromatic carbocycles. The topological polar surface area (TPSA) is 29.5 Å². The third-order valence-corrected chi connectivity index (χ3v) is 4.60. The molecule has 0 heterocycles. The maximum Gasteiger partial charge on any atom is 0.255 e. The average Bonchev–Trinajstić information content (AvgIpc) is 3.22. The smallest absolute Gasteiger partial charge is 0.255 e. The number of carbonyl (C=O) groups is 1. The van der Waals surface area contributed by atoms with E-state index in [1.807, 2.05) is 30.0 Å². The summed E-state index contributed by atoms with van der Waals surface area (Å²) in [5.41, 5.74) is 1.88. The highest BCUT2D eigenvalue weighted by Crippen LogP contribution is 2.36. The molecule has 4 heteroatoms. The predicted molar refractivity (Wildman–Crippen MR) is 84.0 cm³/mol. The van der Waals surface area contributed by atoms with Crippen LogP contribution in [-0.2, 0) is 4.74 Å². The molecule has 1 aromatic rings. The van der Waals surface area contributed by atoms with E-state index in [1.165, 1.54) is 12.8 Å². The zero-order valence-corrected chi connectivity index (χ0v) is 13.9. The molecule has 1 amide bonds. The fraction of sp³-hybridized carbons (Fsp3) is 0.562. The second-order valence-electron chi connectivity index (χ2n) is 5.55. The Balaban J connectivity index is 2.20. The molecule has 110 valence electrons. The molecule has 1 saturated carbocycles. The lowest BCUT2D eigenvalue weighted by atomic mass is 10.1. The SMILES string of the molecule is COCCN(C(=O)c1ccc(C)cc1Br)C(C)C1CC1. The van der Waals surface area contributed by atoms with Gasteiger partial charge in [-0.2, -0.15) is 0 Å². The van der Waals surface area contributed by atoms with Gasteiger partial charge < -0.3 is 9.64 Å². The highest BCUT2D eigenvalue weighted by molar-refractivity contribution is 9.10. The van der Waals surface area contributed by atoms with E-state index in [0.717, 1.165) is 15.6 Å². The average molecular weight is 340 g/mol. The quantitative estimate of drug-likeness (QED) is 0.791. The first-order valence-electron chi connectivity index (χ1n) is 7.10. The number of hydrogen-bond donors (Lipinski definition) is 0. The molecule has 0 spiro atoms. The van der Waals surface area contributed by atoms with Crippen LogP contribution in [-0.4, -0.2) is 37.1 Å². The van der Waals surface area contributed by atoms with E-state index < -0.39 is 0 Å². The standard InChI is InChI=1S/C16H22BrNO2/c1-11-4-7-14(15(17)10-11)16(19)18(8-9-20-3)12(2)13-5-6-13/h4,7,10,12-13H,5-6,8-9H2,1-3H3. The van der Waals surface area contributed by atoms with Gasteiger partial charge >= 0.3 is 0 Å². The van der Waals surface area contributed by atoms with E-state index in [1.54, 1.807) is 7.11 Å². The number of nitrogens with zero attached hydrogens (tertiary/aromatic N) is 1. The lowest BCUT2D eigenvalue weighted by Crippen LogP contribution is -2.42. The molecule has 0 radical (unpaired) electrons. The van der Waals surface area contributed by atoms with Gasteiger partial charge in [-0.25, -0.2) is 0 Å². The summed E-state index contributed by atoms with van der Waals surface area (Å²) < 4.78 is 6.02. The Hall–Kier alpha value is -0.870. The van der Waals surface area contributed by atoms with Crippen LogP contribution in [0.5, 0.6) is 0 Å². The summed E-state index contributed by atoms with van der Waals surface area (Å²) in [6.07, 6.45) is 2.46. The zero-order chi connectivity index (χ0) is 14.7. The third-order valence-electron chi connectivity index (χ3n) is 3.95. The van der Waals surface area contributed by atoms with E-state index in [4.69, 9.17) is 4.74 Å². The second kappa shape index (κ2) is 6.72. The maximum atomic E-state index is 12.8. The van der Waals surface area contributed by atoms with Crippen LogP contribution in [0.2, 0.25) is 0 Å². The van der Waals surface area contributed by atoms with Gasteiger partial charge in [-0.05, 0) is 66.2 Å². The molecule has 1 unspecified atom stereocenters. The van der Waals surface area contributed by atoms with Crippen LogP contribution < -0.4 is 0 Å². The number of rotatable bonds is 6. The minimum absolute atomic E-state index is 0.0910. The molecule has 1 aliphatic carbocycles. The van der Waals surface area contributed by atoms with Crippen LogP contribution in [0.1, 0.15) is 35.7 Å². The molecule has 1 aliphatic rings. The van der Waals surface area contributed by atoms with Crippen molar-refractivity contribution < 1.29 is 9.53 Å². The second-order valence-corrected chi connectivity index (χ2v) is 6.41. The molecule has 0 N–H and O–H groups in total. The summed E-state index contributed by atoms with van der Waals surface area (Å²) in [5, 5.41) is 0. The first-order chi connectivity index (χ1) is 9.54. The van der Waals surface area contributed by atoms with Gasteiger partial charge in [-0.3, -0.25) is 4.79 Å². The highest BCUT2D eigenvalue weighted by Gasteiger charge is 2.34. The summed E-state index contributed by atoms with van der Waals surface area (Å²) in [7, 11) is 1.67. The Morgan fingerprint density at radius 3 is 2.75 bits per heavy atom. The third kappa shape index (κ3) is 3.61. The fourth-order valence-electron chi connectivity index (χ4n) is 2.46. The number of hydrogen-bond acceptors (Lipinski definition) is 2. The van der Waals surface area contributed by atoms with Crippen LogP contribution in [0.4, 0.5) is 0 Å². The minimum atomic E-state index is 0.0910. The lowest BCUT2D eigenvalue weighted by Gasteiger charge is -2.29. The van der Waals surface area contributed by atoms with Crippen molar-refractivity contribution in [3.05, 3.63) is 33.8 Å². The van der Waals surface area contributed by atoms with Gasteiger partial charge in [0.1, 0.15) is 0 Å². The number of benzene rings is 1. The van der Waals surface area contributed by atoms with Gasteiger partial charge in [0.25, 0.3) is 5.91 Å². The van der Waals surface area contributed by atoms with Crippen molar-refractivity contribution >= 4 is 21.8 Å². The number of ether oxygens (including phenoxy) is 1. The molecule has 1 fully saturated rings. The maximum absolute atomic E-state index is 12.8. The Kier molecular flexibility index (Phi) is 5.22. The van der Waals surface area contributed by atoms with Crippen LogP contribution in [0.25, 0.3) is 0 Å². The van der Waals surface area contributed by atoms with Gasteiger partial charge in [0.05, 0.1) is 12.2 Å². The summed E-state index contributed by atoms with van der Waals surface area (Å²) in [6.45, 7) is 5.39. The van der Waals surface area contributed by atoms with Crippen molar-refractivity contribution in [2.75, 3.05) is 20.3 Å². The molecule has 2 rings (SSSR count). The fourth-order valence-corrected chi connectivity index (χ4v) is 3.12. The molecular formula is C16H22BrNO2. The Morgan fingerprint density at radius 1 is 1.50 bits per heavy atom. The molecule has 0 saturated heterocycles. The van der Waals surface area contributed by atoms with Crippen molar-refractivity contribution in [1.29, 1.82) is 0 Å². The highest BCUT2D eigenvalue weighted by atomic mass is 79.9. The zero-order valence-electron chi connectivity index (χ0n) is 12.4. The first-order valence-corrected chi connectivity index (χ1v) is 7.90. The first kappa shape index (κ1) is 15.5. The number of carbonyl (C=O) groups excluding carboxylic acids is 1. The van der Waals surface area contributed by atoms with Gasteiger partial charge in [-0.1, -0.05) is 6.07 Å². The molecule has 0 bridgehead atoms. The Bertz CT molecular complexity index is 485. The van der Waals surface area contributed by atoms with E-state index in [2.05, 4.69) is 22.9 Å². The molecule has 20 heavy (non-hydrogen) atoms. The summed E-state index contributed by atoms with van der Waals surface area (Å²) in [6, 6.07) is 6.16. The van der Waals surface area contributed by atoms with Crippen LogP contribution in [0.15, 0.2) is 22.7 Å². The molecule has 3 nitrogen and oxygen atoms in total. The summed E-state index contributed by atoms with van der Waals surface area (Å²) >= 11 is 3.51. The largest absolute Gasteiger partial charge is 0.383 e. The number of amides is 1. The Morgan fingerprint density at radius 2 is 2.20 bits per heavy atom. The number of halogens is 1. The van der Waals surface area contributed by atoms with E-state index in [9.17, 15) is 4.79 Å².